The molecule has 1 saturated heterocycles. The number of likely N-dealkylation sites (tertiary alicyclic amines) is 1. The molecule has 1 amide bonds. The van der Waals surface area contributed by atoms with Crippen LogP contribution in [0.4, 0.5) is 5.69 Å². The first kappa shape index (κ1) is 16.1. The van der Waals surface area contributed by atoms with E-state index in [0.717, 1.165) is 13.0 Å². The first-order valence-corrected chi connectivity index (χ1v) is 7.41. The highest BCUT2D eigenvalue weighted by Gasteiger charge is 2.26. The fourth-order valence-electron chi connectivity index (χ4n) is 2.43. The Labute approximate surface area is 132 Å². The molecular weight excluding hydrogens is 315 g/mol. The molecule has 1 aliphatic rings. The van der Waals surface area contributed by atoms with Gasteiger partial charge in [0, 0.05) is 22.3 Å². The topological polar surface area (TPSA) is 69.6 Å². The van der Waals surface area contributed by atoms with E-state index in [9.17, 15) is 9.59 Å². The van der Waals surface area contributed by atoms with Crippen LogP contribution in [0.2, 0.25) is 10.0 Å². The summed E-state index contributed by atoms with van der Waals surface area (Å²) in [6.45, 7) is 1.29. The minimum atomic E-state index is -0.804. The van der Waals surface area contributed by atoms with Crippen LogP contribution in [-0.4, -0.2) is 41.5 Å². The van der Waals surface area contributed by atoms with Gasteiger partial charge in [0.25, 0.3) is 0 Å². The highest BCUT2D eigenvalue weighted by atomic mass is 35.5. The van der Waals surface area contributed by atoms with Gasteiger partial charge in [0.05, 0.1) is 12.5 Å². The number of piperidine rings is 1. The second-order valence-corrected chi connectivity index (χ2v) is 5.99. The molecule has 7 heteroatoms. The summed E-state index contributed by atoms with van der Waals surface area (Å²) >= 11 is 11.7. The first-order valence-electron chi connectivity index (χ1n) is 6.65. The van der Waals surface area contributed by atoms with Gasteiger partial charge in [0.15, 0.2) is 0 Å². The molecule has 0 bridgehead atoms. The van der Waals surface area contributed by atoms with Crippen LogP contribution in [0.5, 0.6) is 0 Å². The molecule has 0 radical (unpaired) electrons. The van der Waals surface area contributed by atoms with Gasteiger partial charge in [-0.1, -0.05) is 23.2 Å². The number of carboxylic acid groups (broad SMARTS) is 1. The van der Waals surface area contributed by atoms with Crippen LogP contribution in [-0.2, 0) is 9.59 Å². The van der Waals surface area contributed by atoms with Crippen molar-refractivity contribution in [3.05, 3.63) is 28.2 Å². The highest BCUT2D eigenvalue weighted by molar-refractivity contribution is 6.35. The molecule has 0 saturated carbocycles. The van der Waals surface area contributed by atoms with Gasteiger partial charge in [-0.05, 0) is 37.6 Å². The molecule has 1 heterocycles. The van der Waals surface area contributed by atoms with E-state index in [4.69, 9.17) is 28.3 Å². The number of hydrogen-bond acceptors (Lipinski definition) is 3. The third kappa shape index (κ3) is 4.88. The van der Waals surface area contributed by atoms with Gasteiger partial charge >= 0.3 is 5.97 Å². The standard InChI is InChI=1S/C14H16Cl2N2O3/c15-10-4-11(16)6-12(5-10)17-13(19)8-18-3-1-2-9(7-18)14(20)21/h4-6,9H,1-3,7-8H2,(H,17,19)(H,20,21). The highest BCUT2D eigenvalue weighted by Crippen LogP contribution is 2.22. The van der Waals surface area contributed by atoms with Gasteiger partial charge in [-0.2, -0.15) is 0 Å². The van der Waals surface area contributed by atoms with E-state index in [1.807, 2.05) is 4.90 Å². The Morgan fingerprint density at radius 3 is 2.57 bits per heavy atom. The summed E-state index contributed by atoms with van der Waals surface area (Å²) in [5.41, 5.74) is 0.532. The summed E-state index contributed by atoms with van der Waals surface area (Å²) in [5.74, 6) is -1.41. The van der Waals surface area contributed by atoms with Crippen LogP contribution in [0.1, 0.15) is 12.8 Å². The van der Waals surface area contributed by atoms with Gasteiger partial charge in [-0.25, -0.2) is 0 Å². The monoisotopic (exact) mass is 330 g/mol. The van der Waals surface area contributed by atoms with Crippen molar-refractivity contribution in [2.45, 2.75) is 12.8 Å². The van der Waals surface area contributed by atoms with Crippen molar-refractivity contribution in [3.63, 3.8) is 0 Å². The van der Waals surface area contributed by atoms with Crippen LogP contribution in [0, 0.1) is 5.92 Å². The number of halogens is 2. The van der Waals surface area contributed by atoms with Crippen molar-refractivity contribution >= 4 is 40.8 Å². The Balaban J connectivity index is 1.90. The van der Waals surface area contributed by atoms with Gasteiger partial charge in [-0.15, -0.1) is 0 Å². The van der Waals surface area contributed by atoms with Crippen LogP contribution in [0.15, 0.2) is 18.2 Å². The zero-order chi connectivity index (χ0) is 15.4. The quantitative estimate of drug-likeness (QED) is 0.890. The second kappa shape index (κ2) is 7.11. The molecule has 21 heavy (non-hydrogen) atoms. The van der Waals surface area contributed by atoms with Crippen LogP contribution in [0.3, 0.4) is 0 Å². The normalized spacial score (nSPS) is 19.2. The van der Waals surface area contributed by atoms with Gasteiger partial charge in [0.1, 0.15) is 0 Å². The Kier molecular flexibility index (Phi) is 5.45. The number of anilines is 1. The molecule has 1 fully saturated rings. The summed E-state index contributed by atoms with van der Waals surface area (Å²) in [6.07, 6.45) is 1.45. The summed E-state index contributed by atoms with van der Waals surface area (Å²) < 4.78 is 0. The number of carbonyl (C=O) groups is 2. The third-order valence-electron chi connectivity index (χ3n) is 3.37. The van der Waals surface area contributed by atoms with Crippen molar-refractivity contribution in [1.29, 1.82) is 0 Å². The van der Waals surface area contributed by atoms with Crippen molar-refractivity contribution < 1.29 is 14.7 Å². The van der Waals surface area contributed by atoms with E-state index < -0.39 is 11.9 Å². The second-order valence-electron chi connectivity index (χ2n) is 5.12. The Hall–Kier alpha value is -1.30. The number of rotatable bonds is 4. The fourth-order valence-corrected chi connectivity index (χ4v) is 2.96. The van der Waals surface area contributed by atoms with E-state index in [1.54, 1.807) is 18.2 Å². The molecule has 1 aliphatic heterocycles. The molecule has 5 nitrogen and oxygen atoms in total. The average molecular weight is 331 g/mol. The number of aliphatic carboxylic acids is 1. The van der Waals surface area contributed by atoms with Crippen molar-refractivity contribution in [2.75, 3.05) is 25.0 Å². The summed E-state index contributed by atoms with van der Waals surface area (Å²) in [7, 11) is 0. The maximum atomic E-state index is 12.0. The van der Waals surface area contributed by atoms with E-state index in [0.29, 0.717) is 28.7 Å². The molecule has 0 spiro atoms. The SMILES string of the molecule is O=C(CN1CCCC(C(=O)O)C1)Nc1cc(Cl)cc(Cl)c1. The molecule has 2 N–H and O–H groups in total. The molecular formula is C14H16Cl2N2O3. The smallest absolute Gasteiger partial charge is 0.307 e. The molecule has 1 aromatic rings. The number of amides is 1. The number of nitrogens with zero attached hydrogens (tertiary/aromatic N) is 1. The molecule has 1 unspecified atom stereocenters. The number of benzene rings is 1. The van der Waals surface area contributed by atoms with Crippen LogP contribution in [0.25, 0.3) is 0 Å². The number of carboxylic acids is 1. The maximum absolute atomic E-state index is 12.0. The first-order chi connectivity index (χ1) is 9.94. The van der Waals surface area contributed by atoms with Crippen LogP contribution >= 0.6 is 23.2 Å². The number of hydrogen-bond donors (Lipinski definition) is 2. The third-order valence-corrected chi connectivity index (χ3v) is 3.80. The zero-order valence-electron chi connectivity index (χ0n) is 11.3. The van der Waals surface area contributed by atoms with Crippen molar-refractivity contribution in [3.8, 4) is 0 Å². The lowest BCUT2D eigenvalue weighted by Crippen LogP contribution is -2.42. The molecule has 0 aliphatic carbocycles. The summed E-state index contributed by atoms with van der Waals surface area (Å²) in [6, 6.07) is 4.81. The van der Waals surface area contributed by atoms with Gasteiger partial charge < -0.3 is 10.4 Å². The predicted molar refractivity (Wildman–Crippen MR) is 81.9 cm³/mol. The Morgan fingerprint density at radius 2 is 1.95 bits per heavy atom. The lowest BCUT2D eigenvalue weighted by molar-refractivity contribution is -0.144. The van der Waals surface area contributed by atoms with E-state index in [-0.39, 0.29) is 12.5 Å². The molecule has 1 aromatic carbocycles. The number of nitrogens with one attached hydrogen (secondary N) is 1. The Morgan fingerprint density at radius 1 is 1.29 bits per heavy atom. The summed E-state index contributed by atoms with van der Waals surface area (Å²) in [4.78, 5) is 24.8. The van der Waals surface area contributed by atoms with Crippen molar-refractivity contribution in [1.82, 2.24) is 4.90 Å². The number of carbonyl (C=O) groups excluding carboxylic acids is 1. The molecule has 2 rings (SSSR count). The zero-order valence-corrected chi connectivity index (χ0v) is 12.8. The minimum Gasteiger partial charge on any atom is -0.481 e. The minimum absolute atomic E-state index is 0.161. The van der Waals surface area contributed by atoms with E-state index >= 15 is 0 Å². The van der Waals surface area contributed by atoms with E-state index in [1.165, 1.54) is 0 Å². The predicted octanol–water partition coefficient (Wildman–Crippen LogP) is 2.73. The molecule has 114 valence electrons. The van der Waals surface area contributed by atoms with Crippen molar-refractivity contribution in [2.24, 2.45) is 5.92 Å². The average Bonchev–Trinajstić information content (AvgIpc) is 2.37. The lowest BCUT2D eigenvalue weighted by Gasteiger charge is -2.29. The van der Waals surface area contributed by atoms with Gasteiger partial charge in [-0.3, -0.25) is 14.5 Å². The largest absolute Gasteiger partial charge is 0.481 e. The fraction of sp³-hybridized carbons (Fsp3) is 0.429. The summed E-state index contributed by atoms with van der Waals surface area (Å²) in [5, 5.41) is 12.6. The molecule has 0 aromatic heterocycles. The lowest BCUT2D eigenvalue weighted by atomic mass is 9.98. The van der Waals surface area contributed by atoms with Gasteiger partial charge in [0.2, 0.25) is 5.91 Å². The Bertz CT molecular complexity index is 531. The van der Waals surface area contributed by atoms with Crippen LogP contribution < -0.4 is 5.32 Å². The maximum Gasteiger partial charge on any atom is 0.307 e. The van der Waals surface area contributed by atoms with E-state index in [2.05, 4.69) is 5.32 Å². The molecule has 1 atom stereocenters.